The van der Waals surface area contributed by atoms with E-state index in [9.17, 15) is 4.79 Å². The van der Waals surface area contributed by atoms with Crippen molar-refractivity contribution in [2.24, 2.45) is 0 Å². The van der Waals surface area contributed by atoms with Crippen LogP contribution >= 0.6 is 11.6 Å². The van der Waals surface area contributed by atoms with Gasteiger partial charge in [-0.1, -0.05) is 37.5 Å². The summed E-state index contributed by atoms with van der Waals surface area (Å²) in [5, 5.41) is 9.00. The molecule has 6 heteroatoms. The van der Waals surface area contributed by atoms with Crippen LogP contribution in [0.1, 0.15) is 26.5 Å². The molecule has 1 heterocycles. The van der Waals surface area contributed by atoms with Crippen LogP contribution in [0.4, 0.5) is 10.7 Å². The maximum Gasteiger partial charge on any atom is 0.321 e. The van der Waals surface area contributed by atoms with Crippen molar-refractivity contribution in [1.82, 2.24) is 10.5 Å². The molecule has 0 aromatic carbocycles. The van der Waals surface area contributed by atoms with E-state index in [0.29, 0.717) is 10.7 Å². The highest BCUT2D eigenvalue weighted by Crippen LogP contribution is 2.33. The molecule has 0 saturated heterocycles. The molecule has 2 N–H and O–H groups in total. The van der Waals surface area contributed by atoms with E-state index in [4.69, 9.17) is 16.1 Å². The Labute approximate surface area is 93.2 Å². The Kier molecular flexibility index (Phi) is 3.24. The molecule has 15 heavy (non-hydrogen) atoms. The average molecular weight is 232 g/mol. The molecule has 0 atom stereocenters. The largest absolute Gasteiger partial charge is 0.341 e. The van der Waals surface area contributed by atoms with Crippen molar-refractivity contribution >= 4 is 23.5 Å². The molecule has 0 spiro atoms. The van der Waals surface area contributed by atoms with Crippen molar-refractivity contribution in [3.05, 3.63) is 10.7 Å². The Hall–Kier alpha value is -1.23. The SMILES string of the molecule is CNC(=O)Nc1onc(C(C)(C)C)c1Cl. The van der Waals surface area contributed by atoms with Gasteiger partial charge in [0, 0.05) is 12.5 Å². The summed E-state index contributed by atoms with van der Waals surface area (Å²) in [5.74, 6) is 0.168. The number of urea groups is 1. The van der Waals surface area contributed by atoms with Crippen LogP contribution in [0.2, 0.25) is 5.02 Å². The molecule has 2 amide bonds. The molecule has 1 aromatic rings. The van der Waals surface area contributed by atoms with Crippen molar-refractivity contribution < 1.29 is 9.32 Å². The van der Waals surface area contributed by atoms with Gasteiger partial charge in [0.2, 0.25) is 0 Å². The molecule has 0 unspecified atom stereocenters. The van der Waals surface area contributed by atoms with Crippen molar-refractivity contribution in [2.75, 3.05) is 12.4 Å². The van der Waals surface area contributed by atoms with Gasteiger partial charge in [-0.05, 0) is 0 Å². The van der Waals surface area contributed by atoms with E-state index in [0.717, 1.165) is 0 Å². The number of nitrogens with zero attached hydrogens (tertiary/aromatic N) is 1. The zero-order chi connectivity index (χ0) is 11.6. The monoisotopic (exact) mass is 231 g/mol. The molecule has 5 nitrogen and oxygen atoms in total. The van der Waals surface area contributed by atoms with Crippen LogP contribution < -0.4 is 10.6 Å². The topological polar surface area (TPSA) is 67.2 Å². The lowest BCUT2D eigenvalue weighted by Gasteiger charge is -2.13. The van der Waals surface area contributed by atoms with Gasteiger partial charge in [0.15, 0.2) is 0 Å². The number of hydrogen-bond acceptors (Lipinski definition) is 3. The van der Waals surface area contributed by atoms with Gasteiger partial charge in [-0.25, -0.2) is 4.79 Å². The molecule has 0 aliphatic carbocycles. The first kappa shape index (κ1) is 11.8. The molecule has 84 valence electrons. The molecule has 0 aliphatic heterocycles. The van der Waals surface area contributed by atoms with E-state index in [1.807, 2.05) is 20.8 Å². The summed E-state index contributed by atoms with van der Waals surface area (Å²) in [6.07, 6.45) is 0. The lowest BCUT2D eigenvalue weighted by atomic mass is 9.92. The van der Waals surface area contributed by atoms with E-state index < -0.39 is 6.03 Å². The van der Waals surface area contributed by atoms with Gasteiger partial charge >= 0.3 is 6.03 Å². The van der Waals surface area contributed by atoms with Crippen LogP contribution in [0.25, 0.3) is 0 Å². The number of carbonyl (C=O) groups excluding carboxylic acids is 1. The second-order valence-electron chi connectivity index (χ2n) is 4.13. The van der Waals surface area contributed by atoms with E-state index in [1.165, 1.54) is 7.05 Å². The highest BCUT2D eigenvalue weighted by Gasteiger charge is 2.25. The van der Waals surface area contributed by atoms with Gasteiger partial charge in [-0.2, -0.15) is 0 Å². The molecular formula is C9H14ClN3O2. The third kappa shape index (κ3) is 2.62. The number of anilines is 1. The molecule has 0 radical (unpaired) electrons. The van der Waals surface area contributed by atoms with Crippen LogP contribution in [-0.4, -0.2) is 18.2 Å². The summed E-state index contributed by atoms with van der Waals surface area (Å²) in [5.41, 5.74) is 0.402. The fourth-order valence-corrected chi connectivity index (χ4v) is 1.39. The normalized spacial score (nSPS) is 11.3. The van der Waals surface area contributed by atoms with E-state index in [2.05, 4.69) is 15.8 Å². The molecule has 0 aliphatic rings. The summed E-state index contributed by atoms with van der Waals surface area (Å²) in [4.78, 5) is 11.0. The highest BCUT2D eigenvalue weighted by atomic mass is 35.5. The number of aromatic nitrogens is 1. The third-order valence-electron chi connectivity index (χ3n) is 1.80. The quantitative estimate of drug-likeness (QED) is 0.780. The van der Waals surface area contributed by atoms with Gasteiger partial charge in [-0.15, -0.1) is 0 Å². The standard InChI is InChI=1S/C9H14ClN3O2/c1-9(2,3)6-5(10)7(15-13-6)12-8(14)11-4/h1-4H3,(H2,11,12,14). The first-order valence-corrected chi connectivity index (χ1v) is 4.88. The molecule has 1 aromatic heterocycles. The molecular weight excluding hydrogens is 218 g/mol. The smallest absolute Gasteiger partial charge is 0.321 e. The van der Waals surface area contributed by atoms with Crippen LogP contribution in [0.3, 0.4) is 0 Å². The number of rotatable bonds is 1. The Bertz CT molecular complexity index is 368. The second kappa shape index (κ2) is 4.10. The fraction of sp³-hybridized carbons (Fsp3) is 0.556. The molecule has 0 fully saturated rings. The van der Waals surface area contributed by atoms with Crippen molar-refractivity contribution in [1.29, 1.82) is 0 Å². The lowest BCUT2D eigenvalue weighted by Crippen LogP contribution is -2.24. The predicted octanol–water partition coefficient (Wildman–Crippen LogP) is 2.38. The van der Waals surface area contributed by atoms with Crippen molar-refractivity contribution in [2.45, 2.75) is 26.2 Å². The second-order valence-corrected chi connectivity index (χ2v) is 4.51. The number of nitrogens with one attached hydrogen (secondary N) is 2. The molecule has 1 rings (SSSR count). The zero-order valence-electron chi connectivity index (χ0n) is 9.14. The van der Waals surface area contributed by atoms with Gasteiger partial charge in [0.1, 0.15) is 10.7 Å². The minimum absolute atomic E-state index is 0.168. The Morgan fingerprint density at radius 1 is 1.47 bits per heavy atom. The minimum atomic E-state index is -0.395. The number of halogens is 1. The van der Waals surface area contributed by atoms with Gasteiger partial charge < -0.3 is 9.84 Å². The highest BCUT2D eigenvalue weighted by molar-refractivity contribution is 6.34. The Balaban J connectivity index is 2.95. The Morgan fingerprint density at radius 2 is 2.07 bits per heavy atom. The summed E-state index contributed by atoms with van der Waals surface area (Å²) in [6.45, 7) is 5.88. The average Bonchev–Trinajstić information content (AvgIpc) is 2.47. The summed E-state index contributed by atoms with van der Waals surface area (Å²) >= 11 is 6.01. The van der Waals surface area contributed by atoms with Crippen molar-refractivity contribution in [3.8, 4) is 0 Å². The zero-order valence-corrected chi connectivity index (χ0v) is 9.90. The van der Waals surface area contributed by atoms with Gasteiger partial charge in [0.25, 0.3) is 5.88 Å². The van der Waals surface area contributed by atoms with Crippen LogP contribution in [0.5, 0.6) is 0 Å². The molecule has 0 saturated carbocycles. The maximum absolute atomic E-state index is 11.0. The van der Waals surface area contributed by atoms with Gasteiger partial charge in [0.05, 0.1) is 0 Å². The van der Waals surface area contributed by atoms with E-state index in [-0.39, 0.29) is 11.3 Å². The summed E-state index contributed by atoms with van der Waals surface area (Å²) in [6, 6.07) is -0.395. The van der Waals surface area contributed by atoms with E-state index >= 15 is 0 Å². The minimum Gasteiger partial charge on any atom is -0.341 e. The first-order chi connectivity index (χ1) is 6.86. The Morgan fingerprint density at radius 3 is 2.47 bits per heavy atom. The van der Waals surface area contributed by atoms with Crippen molar-refractivity contribution in [3.63, 3.8) is 0 Å². The van der Waals surface area contributed by atoms with E-state index in [1.54, 1.807) is 0 Å². The van der Waals surface area contributed by atoms with Gasteiger partial charge in [-0.3, -0.25) is 5.32 Å². The van der Waals surface area contributed by atoms with Crippen LogP contribution in [0.15, 0.2) is 4.52 Å². The fourth-order valence-electron chi connectivity index (χ4n) is 0.988. The number of carbonyl (C=O) groups is 1. The maximum atomic E-state index is 11.0. The predicted molar refractivity (Wildman–Crippen MR) is 58.3 cm³/mol. The lowest BCUT2D eigenvalue weighted by molar-refractivity contribution is 0.253. The van der Waals surface area contributed by atoms with Crippen LogP contribution in [-0.2, 0) is 5.41 Å². The number of amides is 2. The number of hydrogen-bond donors (Lipinski definition) is 2. The summed E-state index contributed by atoms with van der Waals surface area (Å²) in [7, 11) is 1.50. The third-order valence-corrected chi connectivity index (χ3v) is 2.15. The summed E-state index contributed by atoms with van der Waals surface area (Å²) < 4.78 is 4.94. The first-order valence-electron chi connectivity index (χ1n) is 4.50. The van der Waals surface area contributed by atoms with Crippen LogP contribution in [0, 0.1) is 0 Å². The molecule has 0 bridgehead atoms.